The lowest BCUT2D eigenvalue weighted by molar-refractivity contribution is 0.121. The second kappa shape index (κ2) is 5.84. The van der Waals surface area contributed by atoms with Crippen molar-refractivity contribution in [2.75, 3.05) is 7.11 Å². The number of carbonyl (C=O) groups is 1. The van der Waals surface area contributed by atoms with Gasteiger partial charge in [-0.2, -0.15) is 10.1 Å². The van der Waals surface area contributed by atoms with E-state index < -0.39 is 6.16 Å². The first kappa shape index (κ1) is 14.6. The van der Waals surface area contributed by atoms with Gasteiger partial charge in [-0.3, -0.25) is 0 Å². The Kier molecular flexibility index (Phi) is 3.71. The summed E-state index contributed by atoms with van der Waals surface area (Å²) in [4.78, 5) is 15.4. The normalized spacial score (nSPS) is 10.5. The van der Waals surface area contributed by atoms with Crippen molar-refractivity contribution in [1.82, 2.24) is 14.6 Å². The second-order valence-corrected chi connectivity index (χ2v) is 4.63. The highest BCUT2D eigenvalue weighted by Crippen LogP contribution is 2.32. The zero-order valence-corrected chi connectivity index (χ0v) is 12.4. The molecule has 0 bridgehead atoms. The van der Waals surface area contributed by atoms with Gasteiger partial charge >= 0.3 is 6.16 Å². The largest absolute Gasteiger partial charge is 0.513 e. The summed E-state index contributed by atoms with van der Waals surface area (Å²) >= 11 is 0. The lowest BCUT2D eigenvalue weighted by Crippen LogP contribution is -2.07. The molecule has 0 saturated carbocycles. The van der Waals surface area contributed by atoms with Crippen molar-refractivity contribution in [3.63, 3.8) is 0 Å². The Hall–Kier alpha value is -3.29. The van der Waals surface area contributed by atoms with Gasteiger partial charge in [0.05, 0.1) is 13.3 Å². The van der Waals surface area contributed by atoms with Crippen molar-refractivity contribution >= 4 is 11.7 Å². The molecular formula is C15H13N3O5. The number of methoxy groups -OCH3 is 1. The maximum absolute atomic E-state index is 11.3. The summed E-state index contributed by atoms with van der Waals surface area (Å²) in [6, 6.07) is 6.33. The molecule has 2 aromatic heterocycles. The predicted molar refractivity (Wildman–Crippen MR) is 78.9 cm³/mol. The van der Waals surface area contributed by atoms with E-state index in [0.717, 1.165) is 0 Å². The number of hydrogen-bond acceptors (Lipinski definition) is 7. The van der Waals surface area contributed by atoms with Crippen molar-refractivity contribution in [1.29, 1.82) is 0 Å². The molecule has 0 fully saturated rings. The summed E-state index contributed by atoms with van der Waals surface area (Å²) in [6.45, 7) is 1.74. The van der Waals surface area contributed by atoms with Gasteiger partial charge in [0.2, 0.25) is 5.88 Å². The predicted octanol–water partition coefficient (Wildman–Crippen LogP) is 2.68. The number of aromatic hydroxyl groups is 1. The zero-order chi connectivity index (χ0) is 16.4. The smallest absolute Gasteiger partial charge is 0.508 e. The zero-order valence-electron chi connectivity index (χ0n) is 12.4. The molecule has 118 valence electrons. The van der Waals surface area contributed by atoms with Crippen LogP contribution in [0, 0.1) is 6.92 Å². The summed E-state index contributed by atoms with van der Waals surface area (Å²) in [5.41, 5.74) is 1.15. The van der Waals surface area contributed by atoms with Gasteiger partial charge in [0, 0.05) is 11.6 Å². The third kappa shape index (κ3) is 2.86. The summed E-state index contributed by atoms with van der Waals surface area (Å²) in [7, 11) is 1.23. The van der Waals surface area contributed by atoms with Gasteiger partial charge in [-0.15, -0.1) is 0 Å². The monoisotopic (exact) mass is 315 g/mol. The van der Waals surface area contributed by atoms with Crippen LogP contribution in [0.5, 0.6) is 23.1 Å². The standard InChI is InChI=1S/C15H13N3O5/c1-9-12(23-15(20)21-2)7-18-13(9)14(16-8-17-18)22-11-5-3-4-10(19)6-11/h3-8,19H,1-2H3. The molecule has 1 N–H and O–H groups in total. The van der Waals surface area contributed by atoms with Crippen LogP contribution in [0.3, 0.4) is 0 Å². The van der Waals surface area contributed by atoms with Gasteiger partial charge in [0.25, 0.3) is 0 Å². The number of aromatic nitrogens is 3. The molecule has 0 unspecified atom stereocenters. The van der Waals surface area contributed by atoms with Crippen molar-refractivity contribution < 1.29 is 24.1 Å². The number of phenols is 1. The van der Waals surface area contributed by atoms with Crippen LogP contribution in [-0.4, -0.2) is 33.0 Å². The summed E-state index contributed by atoms with van der Waals surface area (Å²) in [5, 5.41) is 13.6. The van der Waals surface area contributed by atoms with Crippen LogP contribution in [0.2, 0.25) is 0 Å². The number of rotatable bonds is 3. The van der Waals surface area contributed by atoms with Crippen LogP contribution in [0.1, 0.15) is 5.56 Å². The quantitative estimate of drug-likeness (QED) is 0.742. The molecule has 23 heavy (non-hydrogen) atoms. The molecule has 0 aliphatic rings. The fraction of sp³-hybridized carbons (Fsp3) is 0.133. The van der Waals surface area contributed by atoms with Gasteiger partial charge in [0.1, 0.15) is 23.3 Å². The number of fused-ring (bicyclic) bond motifs is 1. The molecule has 0 amide bonds. The van der Waals surface area contributed by atoms with Gasteiger partial charge in [-0.1, -0.05) is 6.07 Å². The number of ether oxygens (including phenoxy) is 3. The number of nitrogens with zero attached hydrogens (tertiary/aromatic N) is 3. The summed E-state index contributed by atoms with van der Waals surface area (Å²) in [6.07, 6.45) is 2.01. The lowest BCUT2D eigenvalue weighted by atomic mass is 10.3. The first-order chi connectivity index (χ1) is 11.1. The maximum atomic E-state index is 11.3. The second-order valence-electron chi connectivity index (χ2n) is 4.63. The van der Waals surface area contributed by atoms with Crippen LogP contribution in [0.25, 0.3) is 5.52 Å². The van der Waals surface area contributed by atoms with Crippen molar-refractivity contribution in [2.45, 2.75) is 6.92 Å². The molecule has 0 aliphatic carbocycles. The van der Waals surface area contributed by atoms with E-state index in [0.29, 0.717) is 16.8 Å². The highest BCUT2D eigenvalue weighted by atomic mass is 16.7. The first-order valence-electron chi connectivity index (χ1n) is 6.64. The van der Waals surface area contributed by atoms with E-state index in [-0.39, 0.29) is 17.4 Å². The minimum atomic E-state index is -0.826. The summed E-state index contributed by atoms with van der Waals surface area (Å²) < 4.78 is 16.7. The molecule has 1 aromatic carbocycles. The van der Waals surface area contributed by atoms with E-state index in [1.165, 1.54) is 36.3 Å². The highest BCUT2D eigenvalue weighted by Gasteiger charge is 2.17. The van der Waals surface area contributed by atoms with E-state index in [9.17, 15) is 9.90 Å². The van der Waals surface area contributed by atoms with Gasteiger partial charge in [0.15, 0.2) is 5.75 Å². The fourth-order valence-electron chi connectivity index (χ4n) is 2.07. The highest BCUT2D eigenvalue weighted by molar-refractivity contribution is 5.71. The molecular weight excluding hydrogens is 302 g/mol. The molecule has 0 spiro atoms. The van der Waals surface area contributed by atoms with Crippen LogP contribution < -0.4 is 9.47 Å². The van der Waals surface area contributed by atoms with Gasteiger partial charge in [-0.25, -0.2) is 9.31 Å². The minimum absolute atomic E-state index is 0.0781. The lowest BCUT2D eigenvalue weighted by Gasteiger charge is -2.07. The number of phenolic OH excluding ortho intramolecular Hbond substituents is 1. The topological polar surface area (TPSA) is 95.2 Å². The number of hydrogen-bond donors (Lipinski definition) is 1. The van der Waals surface area contributed by atoms with Gasteiger partial charge < -0.3 is 19.3 Å². The third-order valence-electron chi connectivity index (χ3n) is 3.14. The van der Waals surface area contributed by atoms with Crippen LogP contribution in [0.4, 0.5) is 4.79 Å². The molecule has 2 heterocycles. The molecule has 3 aromatic rings. The first-order valence-corrected chi connectivity index (χ1v) is 6.64. The minimum Gasteiger partial charge on any atom is -0.508 e. The van der Waals surface area contributed by atoms with Crippen LogP contribution >= 0.6 is 0 Å². The molecule has 0 aliphatic heterocycles. The number of aryl methyl sites for hydroxylation is 1. The fourth-order valence-corrected chi connectivity index (χ4v) is 2.07. The van der Waals surface area contributed by atoms with Crippen molar-refractivity contribution in [3.8, 4) is 23.1 Å². The van der Waals surface area contributed by atoms with Crippen LogP contribution in [-0.2, 0) is 4.74 Å². The Morgan fingerprint density at radius 2 is 2.17 bits per heavy atom. The maximum Gasteiger partial charge on any atom is 0.513 e. The van der Waals surface area contributed by atoms with E-state index >= 15 is 0 Å². The number of carbonyl (C=O) groups excluding carboxylic acids is 1. The molecule has 0 atom stereocenters. The average molecular weight is 315 g/mol. The van der Waals surface area contributed by atoms with E-state index in [1.807, 2.05) is 0 Å². The Morgan fingerprint density at radius 3 is 2.91 bits per heavy atom. The Balaban J connectivity index is 2.02. The Bertz CT molecular complexity index is 875. The molecule has 0 saturated heterocycles. The summed E-state index contributed by atoms with van der Waals surface area (Å²) in [5.74, 6) is 1.05. The van der Waals surface area contributed by atoms with E-state index in [1.54, 1.807) is 19.1 Å². The SMILES string of the molecule is COC(=O)Oc1cn2ncnc(Oc3cccc(O)c3)c2c1C. The number of benzene rings is 1. The Morgan fingerprint density at radius 1 is 1.35 bits per heavy atom. The Labute approximate surface area is 130 Å². The van der Waals surface area contributed by atoms with Crippen molar-refractivity contribution in [3.05, 3.63) is 42.4 Å². The third-order valence-corrected chi connectivity index (χ3v) is 3.14. The van der Waals surface area contributed by atoms with Crippen molar-refractivity contribution in [2.24, 2.45) is 0 Å². The van der Waals surface area contributed by atoms with E-state index in [4.69, 9.17) is 9.47 Å². The molecule has 3 rings (SSSR count). The van der Waals surface area contributed by atoms with Crippen LogP contribution in [0.15, 0.2) is 36.8 Å². The molecule has 8 nitrogen and oxygen atoms in total. The molecule has 8 heteroatoms. The van der Waals surface area contributed by atoms with Gasteiger partial charge in [-0.05, 0) is 19.1 Å². The van der Waals surface area contributed by atoms with E-state index in [2.05, 4.69) is 14.8 Å². The average Bonchev–Trinajstić information content (AvgIpc) is 2.84. The molecule has 0 radical (unpaired) electrons.